The fraction of sp³-hybridized carbons (Fsp3) is 0.300. The Hall–Kier alpha value is -2.31. The predicted molar refractivity (Wildman–Crippen MR) is 60.1 cm³/mol. The lowest BCUT2D eigenvalue weighted by Crippen LogP contribution is -2.37. The number of fused-ring (bicyclic) bond motifs is 1. The van der Waals surface area contributed by atoms with Crippen molar-refractivity contribution in [2.45, 2.75) is 6.54 Å². The van der Waals surface area contributed by atoms with Crippen LogP contribution in [0.3, 0.4) is 0 Å². The molecule has 0 aliphatic carbocycles. The van der Waals surface area contributed by atoms with Gasteiger partial charge in [0, 0.05) is 20.3 Å². The Balaban J connectivity index is 2.90. The summed E-state index contributed by atoms with van der Waals surface area (Å²) in [4.78, 5) is 34.2. The minimum Gasteiger partial charge on any atom is -0.480 e. The summed E-state index contributed by atoms with van der Waals surface area (Å²) < 4.78 is 3.62. The van der Waals surface area contributed by atoms with Crippen LogP contribution in [0.25, 0.3) is 11.0 Å². The molecular weight excluding hydrogens is 226 g/mol. The minimum absolute atomic E-state index is 0.288. The summed E-state index contributed by atoms with van der Waals surface area (Å²) in [6, 6.07) is 1.51. The van der Waals surface area contributed by atoms with E-state index in [4.69, 9.17) is 5.11 Å². The Morgan fingerprint density at radius 2 is 1.94 bits per heavy atom. The first kappa shape index (κ1) is 11.2. The summed E-state index contributed by atoms with van der Waals surface area (Å²) in [5.41, 5.74) is -0.583. The van der Waals surface area contributed by atoms with Gasteiger partial charge in [0.25, 0.3) is 5.56 Å². The lowest BCUT2D eigenvalue weighted by molar-refractivity contribution is -0.137. The standard InChI is InChI=1S/C10H11N3O4/c1-11-8-6(9(16)12(2)10(11)17)3-4-13(8)5-7(14)15/h3-4H,5H2,1-2H3,(H,14,15). The molecular formula is C10H11N3O4. The quantitative estimate of drug-likeness (QED) is 0.735. The van der Waals surface area contributed by atoms with Crippen molar-refractivity contribution in [1.82, 2.24) is 13.7 Å². The maximum absolute atomic E-state index is 11.8. The molecule has 0 saturated heterocycles. The number of aryl methyl sites for hydroxylation is 1. The van der Waals surface area contributed by atoms with E-state index in [9.17, 15) is 14.4 Å². The second-order valence-electron chi connectivity index (χ2n) is 3.78. The summed E-state index contributed by atoms with van der Waals surface area (Å²) in [7, 11) is 2.89. The molecule has 90 valence electrons. The van der Waals surface area contributed by atoms with Gasteiger partial charge in [-0.3, -0.25) is 18.7 Å². The highest BCUT2D eigenvalue weighted by molar-refractivity contribution is 5.77. The van der Waals surface area contributed by atoms with Crippen molar-refractivity contribution in [3.8, 4) is 0 Å². The van der Waals surface area contributed by atoms with E-state index in [1.54, 1.807) is 0 Å². The van der Waals surface area contributed by atoms with Gasteiger partial charge < -0.3 is 9.67 Å². The maximum atomic E-state index is 11.8. The van der Waals surface area contributed by atoms with E-state index >= 15 is 0 Å². The topological polar surface area (TPSA) is 86.2 Å². The van der Waals surface area contributed by atoms with E-state index in [0.29, 0.717) is 11.0 Å². The minimum atomic E-state index is -1.03. The SMILES string of the molecule is Cn1c(=O)c2ccn(CC(=O)O)c2n(C)c1=O. The van der Waals surface area contributed by atoms with Crippen LogP contribution in [-0.2, 0) is 25.4 Å². The van der Waals surface area contributed by atoms with Gasteiger partial charge in [0.05, 0.1) is 5.39 Å². The first-order valence-corrected chi connectivity index (χ1v) is 4.90. The van der Waals surface area contributed by atoms with Crippen LogP contribution in [-0.4, -0.2) is 24.8 Å². The predicted octanol–water partition coefficient (Wildman–Crippen LogP) is -0.877. The number of hydrogen-bond acceptors (Lipinski definition) is 3. The third-order valence-electron chi connectivity index (χ3n) is 2.67. The fourth-order valence-corrected chi connectivity index (χ4v) is 1.86. The number of aromatic nitrogens is 3. The lowest BCUT2D eigenvalue weighted by atomic mass is 10.4. The monoisotopic (exact) mass is 237 g/mol. The lowest BCUT2D eigenvalue weighted by Gasteiger charge is -2.07. The molecule has 0 aliphatic rings. The van der Waals surface area contributed by atoms with Crippen LogP contribution in [0.4, 0.5) is 0 Å². The molecule has 2 rings (SSSR count). The summed E-state index contributed by atoms with van der Waals surface area (Å²) in [6.07, 6.45) is 1.49. The second-order valence-corrected chi connectivity index (χ2v) is 3.78. The molecule has 0 aliphatic heterocycles. The first-order chi connectivity index (χ1) is 7.93. The molecule has 0 spiro atoms. The molecule has 0 radical (unpaired) electrons. The Bertz CT molecular complexity index is 719. The third kappa shape index (κ3) is 1.55. The molecule has 0 saturated carbocycles. The Labute approximate surface area is 95.1 Å². The number of carbonyl (C=O) groups is 1. The van der Waals surface area contributed by atoms with Gasteiger partial charge in [-0.2, -0.15) is 0 Å². The van der Waals surface area contributed by atoms with Crippen LogP contribution in [0, 0.1) is 0 Å². The smallest absolute Gasteiger partial charge is 0.332 e. The van der Waals surface area contributed by atoms with Crippen molar-refractivity contribution in [2.75, 3.05) is 0 Å². The number of carboxylic acids is 1. The molecule has 0 fully saturated rings. The van der Waals surface area contributed by atoms with Crippen LogP contribution >= 0.6 is 0 Å². The molecule has 0 amide bonds. The summed E-state index contributed by atoms with van der Waals surface area (Å²) in [5, 5.41) is 9.07. The van der Waals surface area contributed by atoms with E-state index in [2.05, 4.69) is 0 Å². The van der Waals surface area contributed by atoms with Gasteiger partial charge in [0.15, 0.2) is 0 Å². The van der Waals surface area contributed by atoms with E-state index < -0.39 is 17.2 Å². The van der Waals surface area contributed by atoms with E-state index in [1.807, 2.05) is 0 Å². The summed E-state index contributed by atoms with van der Waals surface area (Å²) in [6.45, 7) is -0.288. The van der Waals surface area contributed by atoms with Crippen LogP contribution in [0.2, 0.25) is 0 Å². The van der Waals surface area contributed by atoms with Crippen molar-refractivity contribution in [3.05, 3.63) is 33.1 Å². The molecule has 2 heterocycles. The maximum Gasteiger partial charge on any atom is 0.332 e. The number of hydrogen-bond donors (Lipinski definition) is 1. The van der Waals surface area contributed by atoms with Gasteiger partial charge in [-0.1, -0.05) is 0 Å². The second kappa shape index (κ2) is 3.62. The fourth-order valence-electron chi connectivity index (χ4n) is 1.86. The molecule has 2 aromatic heterocycles. The third-order valence-corrected chi connectivity index (χ3v) is 2.67. The molecule has 0 unspecified atom stereocenters. The van der Waals surface area contributed by atoms with Crippen molar-refractivity contribution >= 4 is 17.0 Å². The summed E-state index contributed by atoms with van der Waals surface area (Å²) in [5.74, 6) is -1.03. The van der Waals surface area contributed by atoms with Gasteiger partial charge in [-0.15, -0.1) is 0 Å². The van der Waals surface area contributed by atoms with E-state index in [0.717, 1.165) is 4.57 Å². The molecule has 7 nitrogen and oxygen atoms in total. The average Bonchev–Trinajstić information content (AvgIpc) is 2.66. The van der Waals surface area contributed by atoms with Crippen molar-refractivity contribution in [3.63, 3.8) is 0 Å². The average molecular weight is 237 g/mol. The van der Waals surface area contributed by atoms with Gasteiger partial charge >= 0.3 is 11.7 Å². The van der Waals surface area contributed by atoms with Gasteiger partial charge in [-0.05, 0) is 6.07 Å². The van der Waals surface area contributed by atoms with Crippen LogP contribution in [0.15, 0.2) is 21.9 Å². The largest absolute Gasteiger partial charge is 0.480 e. The molecule has 0 atom stereocenters. The van der Waals surface area contributed by atoms with Crippen LogP contribution in [0.1, 0.15) is 0 Å². The van der Waals surface area contributed by atoms with Crippen molar-refractivity contribution in [1.29, 1.82) is 0 Å². The zero-order chi connectivity index (χ0) is 12.7. The normalized spacial score (nSPS) is 10.9. The van der Waals surface area contributed by atoms with E-state index in [-0.39, 0.29) is 6.54 Å². The first-order valence-electron chi connectivity index (χ1n) is 4.90. The highest BCUT2D eigenvalue weighted by Crippen LogP contribution is 2.08. The summed E-state index contributed by atoms with van der Waals surface area (Å²) >= 11 is 0. The molecule has 0 aromatic carbocycles. The molecule has 2 aromatic rings. The Morgan fingerprint density at radius 3 is 2.53 bits per heavy atom. The van der Waals surface area contributed by atoms with E-state index in [1.165, 1.54) is 35.5 Å². The number of aliphatic carboxylic acids is 1. The van der Waals surface area contributed by atoms with Gasteiger partial charge in [-0.25, -0.2) is 4.79 Å². The van der Waals surface area contributed by atoms with Gasteiger partial charge in [0.2, 0.25) is 0 Å². The van der Waals surface area contributed by atoms with Crippen molar-refractivity contribution in [2.24, 2.45) is 14.1 Å². The zero-order valence-corrected chi connectivity index (χ0v) is 9.38. The Morgan fingerprint density at radius 1 is 1.29 bits per heavy atom. The highest BCUT2D eigenvalue weighted by Gasteiger charge is 2.13. The molecule has 0 bridgehead atoms. The van der Waals surface area contributed by atoms with Crippen LogP contribution < -0.4 is 11.2 Å². The van der Waals surface area contributed by atoms with Crippen molar-refractivity contribution < 1.29 is 9.90 Å². The zero-order valence-electron chi connectivity index (χ0n) is 9.38. The highest BCUT2D eigenvalue weighted by atomic mass is 16.4. The van der Waals surface area contributed by atoms with Gasteiger partial charge in [0.1, 0.15) is 12.2 Å². The molecule has 17 heavy (non-hydrogen) atoms. The molecule has 1 N–H and O–H groups in total. The van der Waals surface area contributed by atoms with Crippen LogP contribution in [0.5, 0.6) is 0 Å². The number of rotatable bonds is 2. The molecule has 7 heteroatoms. The number of nitrogens with zero attached hydrogens (tertiary/aromatic N) is 3. The number of carboxylic acid groups (broad SMARTS) is 1. The Kier molecular flexibility index (Phi) is 2.38.